The summed E-state index contributed by atoms with van der Waals surface area (Å²) in [5.74, 6) is 0. The van der Waals surface area contributed by atoms with Crippen LogP contribution in [0.15, 0.2) is 48.5 Å². The van der Waals surface area contributed by atoms with Crippen molar-refractivity contribution in [2.75, 3.05) is 19.6 Å². The summed E-state index contributed by atoms with van der Waals surface area (Å²) in [4.78, 5) is 2.42. The van der Waals surface area contributed by atoms with Crippen molar-refractivity contribution < 1.29 is 5.11 Å². The van der Waals surface area contributed by atoms with Crippen molar-refractivity contribution in [3.63, 3.8) is 0 Å². The van der Waals surface area contributed by atoms with Gasteiger partial charge >= 0.3 is 0 Å². The highest BCUT2D eigenvalue weighted by Crippen LogP contribution is 2.41. The quantitative estimate of drug-likeness (QED) is 0.905. The summed E-state index contributed by atoms with van der Waals surface area (Å²) in [6.45, 7) is 5.19. The van der Waals surface area contributed by atoms with Crippen molar-refractivity contribution >= 4 is 11.6 Å². The van der Waals surface area contributed by atoms with Crippen LogP contribution in [0.2, 0.25) is 0 Å². The van der Waals surface area contributed by atoms with Crippen LogP contribution in [-0.2, 0) is 6.42 Å². The van der Waals surface area contributed by atoms with Crippen LogP contribution in [-0.4, -0.2) is 35.2 Å². The van der Waals surface area contributed by atoms with Gasteiger partial charge in [0.05, 0.1) is 5.60 Å². The average Bonchev–Trinajstić information content (AvgIpc) is 2.79. The average molecular weight is 319 g/mol. The molecule has 1 N–H and O–H groups in total. The van der Waals surface area contributed by atoms with Gasteiger partial charge < -0.3 is 10.0 Å². The molecule has 0 spiro atoms. The van der Waals surface area contributed by atoms with E-state index in [1.807, 2.05) is 0 Å². The van der Waals surface area contributed by atoms with Crippen LogP contribution < -0.4 is 0 Å². The minimum atomic E-state index is -0.723. The highest BCUT2D eigenvalue weighted by Gasteiger charge is 2.37. The summed E-state index contributed by atoms with van der Waals surface area (Å²) in [7, 11) is 0. The monoisotopic (exact) mass is 319 g/mol. The molecular formula is C22H25NO. The van der Waals surface area contributed by atoms with Gasteiger partial charge in [-0.2, -0.15) is 0 Å². The first-order valence-corrected chi connectivity index (χ1v) is 9.03. The second kappa shape index (κ2) is 6.19. The number of nitrogens with zero attached hydrogens (tertiary/aromatic N) is 1. The molecule has 0 bridgehead atoms. The van der Waals surface area contributed by atoms with E-state index >= 15 is 0 Å². The fourth-order valence-corrected chi connectivity index (χ4v) is 4.11. The predicted molar refractivity (Wildman–Crippen MR) is 99.9 cm³/mol. The van der Waals surface area contributed by atoms with Gasteiger partial charge in [-0.1, -0.05) is 55.5 Å². The molecule has 2 aliphatic rings. The molecule has 1 saturated heterocycles. The van der Waals surface area contributed by atoms with Gasteiger partial charge in [-0.05, 0) is 59.7 Å². The molecule has 1 heterocycles. The van der Waals surface area contributed by atoms with E-state index < -0.39 is 5.60 Å². The fraction of sp³-hybridized carbons (Fsp3) is 0.364. The molecule has 0 atom stereocenters. The molecule has 2 aromatic carbocycles. The smallest absolute Gasteiger partial charge is 0.0927 e. The minimum absolute atomic E-state index is 0.723. The van der Waals surface area contributed by atoms with Crippen LogP contribution in [0.3, 0.4) is 0 Å². The Morgan fingerprint density at radius 1 is 0.958 bits per heavy atom. The standard InChI is InChI=1S/C22H25NO/c1-2-23-13-11-22(24,12-14-23)21-16-18-8-4-3-7-17(18)15-19-9-5-6-10-20(19)21/h3-10,16,24H,2,11-15H2,1H3. The molecule has 1 aliphatic heterocycles. The van der Waals surface area contributed by atoms with Gasteiger partial charge in [0, 0.05) is 13.1 Å². The summed E-state index contributed by atoms with van der Waals surface area (Å²) in [5, 5.41) is 11.5. The largest absolute Gasteiger partial charge is 0.385 e. The maximum Gasteiger partial charge on any atom is 0.0927 e. The van der Waals surface area contributed by atoms with Gasteiger partial charge in [0.1, 0.15) is 0 Å². The van der Waals surface area contributed by atoms with E-state index in [4.69, 9.17) is 0 Å². The lowest BCUT2D eigenvalue weighted by Crippen LogP contribution is -2.44. The number of fused-ring (bicyclic) bond motifs is 2. The lowest BCUT2D eigenvalue weighted by molar-refractivity contribution is 0.0297. The number of rotatable bonds is 2. The molecule has 4 rings (SSSR count). The maximum absolute atomic E-state index is 11.5. The molecular weight excluding hydrogens is 294 g/mol. The third-order valence-electron chi connectivity index (χ3n) is 5.68. The zero-order valence-electron chi connectivity index (χ0n) is 14.3. The van der Waals surface area contributed by atoms with E-state index in [0.29, 0.717) is 0 Å². The number of aliphatic hydroxyl groups is 1. The summed E-state index contributed by atoms with van der Waals surface area (Å²) in [6, 6.07) is 17.1. The van der Waals surface area contributed by atoms with E-state index in [1.165, 1.54) is 22.3 Å². The van der Waals surface area contributed by atoms with Gasteiger partial charge in [-0.15, -0.1) is 0 Å². The predicted octanol–water partition coefficient (Wildman–Crippen LogP) is 3.98. The Hall–Kier alpha value is -1.90. The van der Waals surface area contributed by atoms with Crippen molar-refractivity contribution in [1.29, 1.82) is 0 Å². The van der Waals surface area contributed by atoms with Crippen LogP contribution >= 0.6 is 0 Å². The normalized spacial score (nSPS) is 19.8. The Kier molecular flexibility index (Phi) is 4.03. The topological polar surface area (TPSA) is 23.5 Å². The fourth-order valence-electron chi connectivity index (χ4n) is 4.11. The van der Waals surface area contributed by atoms with Crippen molar-refractivity contribution in [2.24, 2.45) is 0 Å². The van der Waals surface area contributed by atoms with Gasteiger partial charge in [-0.3, -0.25) is 0 Å². The Balaban J connectivity index is 1.82. The van der Waals surface area contributed by atoms with E-state index in [9.17, 15) is 5.11 Å². The number of piperidine rings is 1. The Labute approximate surface area is 144 Å². The summed E-state index contributed by atoms with van der Waals surface area (Å²) < 4.78 is 0. The third-order valence-corrected chi connectivity index (χ3v) is 5.68. The Bertz CT molecular complexity index is 769. The molecule has 24 heavy (non-hydrogen) atoms. The molecule has 2 nitrogen and oxygen atoms in total. The zero-order chi connectivity index (χ0) is 16.6. The molecule has 0 unspecified atom stereocenters. The van der Waals surface area contributed by atoms with Crippen LogP contribution in [0.5, 0.6) is 0 Å². The second-order valence-electron chi connectivity index (χ2n) is 7.06. The maximum atomic E-state index is 11.5. The number of likely N-dealkylation sites (tertiary alicyclic amines) is 1. The highest BCUT2D eigenvalue weighted by atomic mass is 16.3. The van der Waals surface area contributed by atoms with Gasteiger partial charge in [0.2, 0.25) is 0 Å². The van der Waals surface area contributed by atoms with E-state index in [0.717, 1.165) is 44.5 Å². The van der Waals surface area contributed by atoms with Crippen LogP contribution in [0, 0.1) is 0 Å². The highest BCUT2D eigenvalue weighted by molar-refractivity contribution is 5.89. The first-order chi connectivity index (χ1) is 11.7. The van der Waals surface area contributed by atoms with Crippen LogP contribution in [0.25, 0.3) is 11.6 Å². The van der Waals surface area contributed by atoms with E-state index in [2.05, 4.69) is 66.4 Å². The SMILES string of the molecule is CCN1CCC(O)(C2=Cc3ccccc3Cc3ccccc32)CC1. The van der Waals surface area contributed by atoms with E-state index in [-0.39, 0.29) is 0 Å². The van der Waals surface area contributed by atoms with Crippen molar-refractivity contribution in [1.82, 2.24) is 4.90 Å². The summed E-state index contributed by atoms with van der Waals surface area (Å²) in [6.07, 6.45) is 4.79. The first-order valence-electron chi connectivity index (χ1n) is 9.03. The first kappa shape index (κ1) is 15.6. The van der Waals surface area contributed by atoms with Gasteiger partial charge in [0.25, 0.3) is 0 Å². The lowest BCUT2D eigenvalue weighted by Gasteiger charge is -2.40. The van der Waals surface area contributed by atoms with Crippen molar-refractivity contribution in [2.45, 2.75) is 31.8 Å². The number of benzene rings is 2. The second-order valence-corrected chi connectivity index (χ2v) is 7.06. The molecule has 2 aromatic rings. The lowest BCUT2D eigenvalue weighted by atomic mass is 9.79. The zero-order valence-corrected chi connectivity index (χ0v) is 14.3. The van der Waals surface area contributed by atoms with E-state index in [1.54, 1.807) is 0 Å². The minimum Gasteiger partial charge on any atom is -0.385 e. The molecule has 2 heteroatoms. The van der Waals surface area contributed by atoms with Gasteiger partial charge in [-0.25, -0.2) is 0 Å². The number of hydrogen-bond acceptors (Lipinski definition) is 2. The number of hydrogen-bond donors (Lipinski definition) is 1. The molecule has 1 aliphatic carbocycles. The molecule has 0 aromatic heterocycles. The van der Waals surface area contributed by atoms with Gasteiger partial charge in [0.15, 0.2) is 0 Å². The molecule has 0 radical (unpaired) electrons. The molecule has 0 amide bonds. The van der Waals surface area contributed by atoms with Crippen molar-refractivity contribution in [3.8, 4) is 0 Å². The molecule has 0 saturated carbocycles. The van der Waals surface area contributed by atoms with Crippen LogP contribution in [0.1, 0.15) is 42.0 Å². The molecule has 124 valence electrons. The summed E-state index contributed by atoms with van der Waals surface area (Å²) in [5.41, 5.74) is 5.52. The van der Waals surface area contributed by atoms with Crippen LogP contribution in [0.4, 0.5) is 0 Å². The third kappa shape index (κ3) is 2.70. The molecule has 1 fully saturated rings. The Morgan fingerprint density at radius 2 is 1.62 bits per heavy atom. The Morgan fingerprint density at radius 3 is 2.38 bits per heavy atom. The summed E-state index contributed by atoms with van der Waals surface area (Å²) >= 11 is 0. The van der Waals surface area contributed by atoms with Crippen molar-refractivity contribution in [3.05, 3.63) is 70.8 Å².